The Kier molecular flexibility index (Phi) is 3.56. The molecule has 2 heterocycles. The van der Waals surface area contributed by atoms with Crippen molar-refractivity contribution in [1.29, 1.82) is 0 Å². The molecule has 84 valence electrons. The molecule has 0 aliphatic carbocycles. The third-order valence-electron chi connectivity index (χ3n) is 2.11. The van der Waals surface area contributed by atoms with E-state index >= 15 is 0 Å². The largest absolute Gasteiger partial charge is 0.484 e. The van der Waals surface area contributed by atoms with Gasteiger partial charge in [0.05, 0.1) is 18.1 Å². The zero-order valence-electron chi connectivity index (χ0n) is 8.93. The molecule has 0 unspecified atom stereocenters. The first kappa shape index (κ1) is 11.1. The zero-order valence-corrected chi connectivity index (χ0v) is 10.5. The zero-order chi connectivity index (χ0) is 11.4. The second-order valence-corrected chi connectivity index (χ2v) is 4.20. The van der Waals surface area contributed by atoms with Crippen molar-refractivity contribution in [1.82, 2.24) is 14.8 Å². The average molecular weight is 282 g/mol. The summed E-state index contributed by atoms with van der Waals surface area (Å²) in [6, 6.07) is 3.87. The maximum Gasteiger partial charge on any atom is 0.157 e. The van der Waals surface area contributed by atoms with Crippen LogP contribution in [0.3, 0.4) is 0 Å². The highest BCUT2D eigenvalue weighted by atomic mass is 79.9. The molecule has 5 heteroatoms. The van der Waals surface area contributed by atoms with Crippen molar-refractivity contribution in [3.8, 4) is 5.75 Å². The van der Waals surface area contributed by atoms with Crippen LogP contribution in [-0.2, 0) is 13.2 Å². The van der Waals surface area contributed by atoms with Crippen molar-refractivity contribution >= 4 is 15.9 Å². The van der Waals surface area contributed by atoms with Gasteiger partial charge in [-0.2, -0.15) is 5.10 Å². The third-order valence-corrected chi connectivity index (χ3v) is 2.58. The normalized spacial score (nSPS) is 10.4. The molecular formula is C11H12BrN3O. The number of rotatable bonds is 4. The van der Waals surface area contributed by atoms with Gasteiger partial charge in [-0.25, -0.2) is 0 Å². The Bertz CT molecular complexity index is 453. The topological polar surface area (TPSA) is 39.9 Å². The molecule has 0 aliphatic heterocycles. The molecule has 0 amide bonds. The Labute approximate surface area is 102 Å². The molecule has 0 bridgehead atoms. The fourth-order valence-electron chi connectivity index (χ4n) is 1.24. The van der Waals surface area contributed by atoms with Crippen LogP contribution in [0.5, 0.6) is 5.75 Å². The summed E-state index contributed by atoms with van der Waals surface area (Å²) >= 11 is 3.34. The first-order valence-corrected chi connectivity index (χ1v) is 5.83. The quantitative estimate of drug-likeness (QED) is 0.865. The van der Waals surface area contributed by atoms with Crippen LogP contribution in [0.1, 0.15) is 12.6 Å². The molecule has 2 aromatic rings. The molecule has 0 radical (unpaired) electrons. The van der Waals surface area contributed by atoms with Gasteiger partial charge in [0.25, 0.3) is 0 Å². The minimum Gasteiger partial charge on any atom is -0.484 e. The Morgan fingerprint density at radius 2 is 2.25 bits per heavy atom. The summed E-state index contributed by atoms with van der Waals surface area (Å²) in [4.78, 5) is 4.22. The molecule has 2 aromatic heterocycles. The number of pyridine rings is 1. The summed E-state index contributed by atoms with van der Waals surface area (Å²) in [5.41, 5.74) is 0.896. The van der Waals surface area contributed by atoms with E-state index in [2.05, 4.69) is 26.0 Å². The van der Waals surface area contributed by atoms with Gasteiger partial charge in [0, 0.05) is 17.2 Å². The van der Waals surface area contributed by atoms with Crippen LogP contribution >= 0.6 is 15.9 Å². The Hall–Kier alpha value is -1.36. The number of nitrogens with zero attached hydrogens (tertiary/aromatic N) is 3. The number of halogens is 1. The highest BCUT2D eigenvalue weighted by molar-refractivity contribution is 9.10. The highest BCUT2D eigenvalue weighted by Crippen LogP contribution is 2.12. The van der Waals surface area contributed by atoms with E-state index in [-0.39, 0.29) is 0 Å². The van der Waals surface area contributed by atoms with Crippen molar-refractivity contribution in [2.24, 2.45) is 0 Å². The van der Waals surface area contributed by atoms with Crippen molar-refractivity contribution in [3.63, 3.8) is 0 Å². The Morgan fingerprint density at radius 3 is 2.88 bits per heavy atom. The summed E-state index contributed by atoms with van der Waals surface area (Å²) in [5, 5.41) is 4.12. The number of aromatic nitrogens is 3. The molecule has 0 spiro atoms. The predicted octanol–water partition coefficient (Wildman–Crippen LogP) is 2.64. The molecule has 2 rings (SSSR count). The minimum absolute atomic E-state index is 0.461. The SMILES string of the molecule is CCn1cc(OCc2ccc(Br)cn2)cn1. The number of aryl methyl sites for hydroxylation is 1. The summed E-state index contributed by atoms with van der Waals surface area (Å²) in [6.45, 7) is 3.34. The van der Waals surface area contributed by atoms with Crippen molar-refractivity contribution in [2.45, 2.75) is 20.1 Å². The lowest BCUT2D eigenvalue weighted by molar-refractivity contribution is 0.301. The van der Waals surface area contributed by atoms with Gasteiger partial charge in [-0.1, -0.05) is 0 Å². The van der Waals surface area contributed by atoms with E-state index in [0.717, 1.165) is 22.5 Å². The molecule has 0 fully saturated rings. The van der Waals surface area contributed by atoms with E-state index < -0.39 is 0 Å². The predicted molar refractivity (Wildman–Crippen MR) is 64.2 cm³/mol. The molecule has 0 saturated heterocycles. The molecule has 0 aromatic carbocycles. The van der Waals surface area contributed by atoms with Crippen LogP contribution in [0.2, 0.25) is 0 Å². The first-order chi connectivity index (χ1) is 7.78. The van der Waals surface area contributed by atoms with Gasteiger partial charge in [-0.05, 0) is 35.0 Å². The second kappa shape index (κ2) is 5.12. The van der Waals surface area contributed by atoms with Crippen LogP contribution < -0.4 is 4.74 Å². The monoisotopic (exact) mass is 281 g/mol. The maximum atomic E-state index is 5.55. The van der Waals surface area contributed by atoms with Crippen LogP contribution in [0.25, 0.3) is 0 Å². The molecule has 0 saturated carbocycles. The summed E-state index contributed by atoms with van der Waals surface area (Å²) < 4.78 is 8.34. The van der Waals surface area contributed by atoms with Gasteiger partial charge in [-0.15, -0.1) is 0 Å². The molecule has 16 heavy (non-hydrogen) atoms. The standard InChI is InChI=1S/C11H12BrN3O/c1-2-15-7-11(6-14-15)16-8-10-4-3-9(12)5-13-10/h3-7H,2,8H2,1H3. The summed E-state index contributed by atoms with van der Waals surface area (Å²) in [6.07, 6.45) is 5.34. The highest BCUT2D eigenvalue weighted by Gasteiger charge is 1.99. The Morgan fingerprint density at radius 1 is 1.38 bits per heavy atom. The average Bonchev–Trinajstić information content (AvgIpc) is 2.76. The van der Waals surface area contributed by atoms with E-state index in [0.29, 0.717) is 6.61 Å². The third kappa shape index (κ3) is 2.82. The fraction of sp³-hybridized carbons (Fsp3) is 0.273. The second-order valence-electron chi connectivity index (χ2n) is 3.29. The van der Waals surface area contributed by atoms with Crippen LogP contribution in [0.4, 0.5) is 0 Å². The van der Waals surface area contributed by atoms with Crippen molar-refractivity contribution < 1.29 is 4.74 Å². The number of hydrogen-bond acceptors (Lipinski definition) is 3. The summed E-state index contributed by atoms with van der Waals surface area (Å²) in [7, 11) is 0. The molecule has 0 atom stereocenters. The van der Waals surface area contributed by atoms with E-state index in [1.165, 1.54) is 0 Å². The van der Waals surface area contributed by atoms with Gasteiger partial charge in [0.1, 0.15) is 6.61 Å². The molecule has 4 nitrogen and oxygen atoms in total. The van der Waals surface area contributed by atoms with E-state index in [4.69, 9.17) is 4.74 Å². The molecule has 0 N–H and O–H groups in total. The lowest BCUT2D eigenvalue weighted by Crippen LogP contribution is -1.97. The molecule has 0 aliphatic rings. The fourth-order valence-corrected chi connectivity index (χ4v) is 1.48. The lowest BCUT2D eigenvalue weighted by atomic mass is 10.4. The van der Waals surface area contributed by atoms with Crippen LogP contribution in [-0.4, -0.2) is 14.8 Å². The smallest absolute Gasteiger partial charge is 0.157 e. The van der Waals surface area contributed by atoms with E-state index in [1.807, 2.05) is 29.9 Å². The molecular weight excluding hydrogens is 270 g/mol. The van der Waals surface area contributed by atoms with E-state index in [9.17, 15) is 0 Å². The lowest BCUT2D eigenvalue weighted by Gasteiger charge is -2.02. The van der Waals surface area contributed by atoms with Gasteiger partial charge in [0.2, 0.25) is 0 Å². The van der Waals surface area contributed by atoms with Crippen LogP contribution in [0, 0.1) is 0 Å². The van der Waals surface area contributed by atoms with Crippen LogP contribution in [0.15, 0.2) is 35.2 Å². The first-order valence-electron chi connectivity index (χ1n) is 5.03. The van der Waals surface area contributed by atoms with Gasteiger partial charge < -0.3 is 4.74 Å². The number of ether oxygens (including phenoxy) is 1. The summed E-state index contributed by atoms with van der Waals surface area (Å²) in [5.74, 6) is 0.770. The minimum atomic E-state index is 0.461. The van der Waals surface area contributed by atoms with Crippen molar-refractivity contribution in [2.75, 3.05) is 0 Å². The number of hydrogen-bond donors (Lipinski definition) is 0. The van der Waals surface area contributed by atoms with Gasteiger partial charge >= 0.3 is 0 Å². The van der Waals surface area contributed by atoms with Gasteiger partial charge in [-0.3, -0.25) is 9.67 Å². The van der Waals surface area contributed by atoms with E-state index in [1.54, 1.807) is 12.4 Å². The van der Waals surface area contributed by atoms with Gasteiger partial charge in [0.15, 0.2) is 5.75 Å². The maximum absolute atomic E-state index is 5.55. The van der Waals surface area contributed by atoms with Crippen molar-refractivity contribution in [3.05, 3.63) is 40.9 Å². The Balaban J connectivity index is 1.94.